The van der Waals surface area contributed by atoms with Crippen molar-refractivity contribution < 1.29 is 0 Å². The van der Waals surface area contributed by atoms with Crippen LogP contribution in [0.3, 0.4) is 0 Å². The first-order chi connectivity index (χ1) is 9.33. The molecule has 2 aromatic rings. The van der Waals surface area contributed by atoms with E-state index in [9.17, 15) is 0 Å². The number of hydrogen-bond donors (Lipinski definition) is 1. The molecule has 0 bridgehead atoms. The molecule has 1 fully saturated rings. The highest BCUT2D eigenvalue weighted by molar-refractivity contribution is 9.10. The maximum atomic E-state index is 3.61. The highest BCUT2D eigenvalue weighted by Crippen LogP contribution is 2.35. The fourth-order valence-electron chi connectivity index (χ4n) is 1.94. The zero-order chi connectivity index (χ0) is 13.1. The van der Waals surface area contributed by atoms with Crippen molar-refractivity contribution in [3.8, 4) is 0 Å². The van der Waals surface area contributed by atoms with Crippen LogP contribution in [0.15, 0.2) is 62.8 Å². The Bertz CT molecular complexity index is 566. The minimum absolute atomic E-state index is 0.751. The summed E-state index contributed by atoms with van der Waals surface area (Å²) in [5.74, 6) is 0. The van der Waals surface area contributed by atoms with Crippen molar-refractivity contribution in [1.82, 2.24) is 5.32 Å². The second-order valence-corrected chi connectivity index (χ2v) is 6.73. The lowest BCUT2D eigenvalue weighted by atomic mass is 10.2. The number of nitrogens with one attached hydrogen (secondary N) is 1. The van der Waals surface area contributed by atoms with E-state index < -0.39 is 0 Å². The molecule has 0 spiro atoms. The van der Waals surface area contributed by atoms with Crippen LogP contribution in [0.5, 0.6) is 0 Å². The van der Waals surface area contributed by atoms with Gasteiger partial charge < -0.3 is 5.32 Å². The van der Waals surface area contributed by atoms with E-state index in [2.05, 4.69) is 69.8 Å². The van der Waals surface area contributed by atoms with E-state index in [-0.39, 0.29) is 0 Å². The molecule has 0 radical (unpaired) electrons. The van der Waals surface area contributed by atoms with E-state index >= 15 is 0 Å². The van der Waals surface area contributed by atoms with E-state index in [0.29, 0.717) is 0 Å². The lowest BCUT2D eigenvalue weighted by Crippen LogP contribution is -2.15. The van der Waals surface area contributed by atoms with Crippen molar-refractivity contribution in [1.29, 1.82) is 0 Å². The largest absolute Gasteiger partial charge is 0.310 e. The van der Waals surface area contributed by atoms with E-state index in [0.717, 1.165) is 17.1 Å². The average Bonchev–Trinajstić information content (AvgIpc) is 3.24. The van der Waals surface area contributed by atoms with Crippen LogP contribution in [0.4, 0.5) is 0 Å². The Morgan fingerprint density at radius 1 is 1.00 bits per heavy atom. The molecule has 0 heterocycles. The van der Waals surface area contributed by atoms with Gasteiger partial charge in [0.1, 0.15) is 0 Å². The topological polar surface area (TPSA) is 12.0 Å². The van der Waals surface area contributed by atoms with E-state index in [4.69, 9.17) is 0 Å². The van der Waals surface area contributed by atoms with E-state index in [1.807, 2.05) is 11.8 Å². The second-order valence-electron chi connectivity index (χ2n) is 4.80. The molecule has 19 heavy (non-hydrogen) atoms. The molecule has 1 aliphatic rings. The fourth-order valence-corrected chi connectivity index (χ4v) is 3.43. The molecule has 1 saturated carbocycles. The summed E-state index contributed by atoms with van der Waals surface area (Å²) >= 11 is 5.44. The third-order valence-corrected chi connectivity index (χ3v) is 5.34. The molecule has 0 atom stereocenters. The van der Waals surface area contributed by atoms with Crippen LogP contribution in [0, 0.1) is 0 Å². The predicted molar refractivity (Wildman–Crippen MR) is 84.6 cm³/mol. The Hall–Kier alpha value is -0.770. The van der Waals surface area contributed by atoms with Crippen LogP contribution in [-0.4, -0.2) is 6.04 Å². The minimum Gasteiger partial charge on any atom is -0.310 e. The first kappa shape index (κ1) is 13.2. The van der Waals surface area contributed by atoms with Gasteiger partial charge in [0, 0.05) is 26.9 Å². The Balaban J connectivity index is 1.77. The van der Waals surface area contributed by atoms with Gasteiger partial charge in [-0.3, -0.25) is 0 Å². The van der Waals surface area contributed by atoms with Gasteiger partial charge in [0.25, 0.3) is 0 Å². The van der Waals surface area contributed by atoms with Crippen LogP contribution in [0.25, 0.3) is 0 Å². The highest BCUT2D eigenvalue weighted by atomic mass is 79.9. The third kappa shape index (κ3) is 3.62. The monoisotopic (exact) mass is 333 g/mol. The smallest absolute Gasteiger partial charge is 0.0314 e. The van der Waals surface area contributed by atoms with Crippen LogP contribution in [0.1, 0.15) is 18.4 Å². The van der Waals surface area contributed by atoms with Gasteiger partial charge in [-0.05, 0) is 52.5 Å². The maximum absolute atomic E-state index is 3.61. The van der Waals surface area contributed by atoms with Crippen LogP contribution in [-0.2, 0) is 6.54 Å². The quantitative estimate of drug-likeness (QED) is 0.839. The molecule has 2 aromatic carbocycles. The van der Waals surface area contributed by atoms with Crippen molar-refractivity contribution in [3.05, 3.63) is 58.6 Å². The summed E-state index contributed by atoms with van der Waals surface area (Å²) in [4.78, 5) is 2.60. The Morgan fingerprint density at radius 2 is 1.68 bits per heavy atom. The average molecular weight is 334 g/mol. The molecule has 3 rings (SSSR count). The summed E-state index contributed by atoms with van der Waals surface area (Å²) in [6, 6.07) is 17.8. The second kappa shape index (κ2) is 6.12. The molecular formula is C16H16BrNS. The Kier molecular flexibility index (Phi) is 4.26. The summed E-state index contributed by atoms with van der Waals surface area (Å²) in [7, 11) is 0. The number of benzene rings is 2. The SMILES string of the molecule is Brc1ccccc1Sc1ccccc1CNC1CC1. The lowest BCUT2D eigenvalue weighted by molar-refractivity contribution is 0.680. The zero-order valence-electron chi connectivity index (χ0n) is 10.6. The molecular weight excluding hydrogens is 318 g/mol. The van der Waals surface area contributed by atoms with Gasteiger partial charge >= 0.3 is 0 Å². The highest BCUT2D eigenvalue weighted by Gasteiger charge is 2.20. The third-order valence-electron chi connectivity index (χ3n) is 3.19. The summed E-state index contributed by atoms with van der Waals surface area (Å²) in [6.07, 6.45) is 2.67. The molecule has 1 N–H and O–H groups in total. The molecule has 0 aromatic heterocycles. The van der Waals surface area contributed by atoms with Gasteiger partial charge in [0.05, 0.1) is 0 Å². The number of halogens is 1. The van der Waals surface area contributed by atoms with Crippen molar-refractivity contribution in [2.24, 2.45) is 0 Å². The molecule has 3 heteroatoms. The maximum Gasteiger partial charge on any atom is 0.0314 e. The fraction of sp³-hybridized carbons (Fsp3) is 0.250. The lowest BCUT2D eigenvalue weighted by Gasteiger charge is -2.10. The van der Waals surface area contributed by atoms with Crippen molar-refractivity contribution in [2.45, 2.75) is 35.2 Å². The minimum atomic E-state index is 0.751. The normalized spacial score (nSPS) is 14.6. The standard InChI is InChI=1S/C16H16BrNS/c17-14-6-2-4-8-16(14)19-15-7-3-1-5-12(15)11-18-13-9-10-13/h1-8,13,18H,9-11H2. The molecule has 1 aliphatic carbocycles. The predicted octanol–water partition coefficient (Wildman–Crippen LogP) is 4.85. The van der Waals surface area contributed by atoms with Gasteiger partial charge in [-0.1, -0.05) is 42.1 Å². The van der Waals surface area contributed by atoms with Gasteiger partial charge in [-0.2, -0.15) is 0 Å². The van der Waals surface area contributed by atoms with Crippen molar-refractivity contribution in [2.75, 3.05) is 0 Å². The Morgan fingerprint density at radius 3 is 2.42 bits per heavy atom. The zero-order valence-corrected chi connectivity index (χ0v) is 13.0. The summed E-state index contributed by atoms with van der Waals surface area (Å²) < 4.78 is 1.16. The molecule has 0 saturated heterocycles. The summed E-state index contributed by atoms with van der Waals surface area (Å²) in [5, 5.41) is 3.59. The number of hydrogen-bond acceptors (Lipinski definition) is 2. The van der Waals surface area contributed by atoms with Gasteiger partial charge in [0.2, 0.25) is 0 Å². The van der Waals surface area contributed by atoms with Gasteiger partial charge in [-0.15, -0.1) is 0 Å². The summed E-state index contributed by atoms with van der Waals surface area (Å²) in [6.45, 7) is 0.971. The number of rotatable bonds is 5. The van der Waals surface area contributed by atoms with E-state index in [1.54, 1.807) is 0 Å². The molecule has 0 unspecified atom stereocenters. The van der Waals surface area contributed by atoms with Gasteiger partial charge in [0.15, 0.2) is 0 Å². The van der Waals surface area contributed by atoms with Crippen molar-refractivity contribution >= 4 is 27.7 Å². The first-order valence-electron chi connectivity index (χ1n) is 6.56. The first-order valence-corrected chi connectivity index (χ1v) is 8.17. The molecule has 98 valence electrons. The van der Waals surface area contributed by atoms with E-state index in [1.165, 1.54) is 28.2 Å². The van der Waals surface area contributed by atoms with Crippen molar-refractivity contribution in [3.63, 3.8) is 0 Å². The molecule has 0 aliphatic heterocycles. The van der Waals surface area contributed by atoms with Crippen LogP contribution < -0.4 is 5.32 Å². The van der Waals surface area contributed by atoms with Gasteiger partial charge in [-0.25, -0.2) is 0 Å². The molecule has 1 nitrogen and oxygen atoms in total. The van der Waals surface area contributed by atoms with Crippen LogP contribution in [0.2, 0.25) is 0 Å². The Labute approximate surface area is 126 Å². The van der Waals surface area contributed by atoms with Crippen LogP contribution >= 0.6 is 27.7 Å². The molecule has 0 amide bonds. The summed E-state index contributed by atoms with van der Waals surface area (Å²) in [5.41, 5.74) is 1.38.